The molecule has 186 valence electrons. The molecule has 3 heteroatoms. The van der Waals surface area contributed by atoms with Crippen molar-refractivity contribution in [1.82, 2.24) is 0 Å². The average Bonchev–Trinajstić information content (AvgIpc) is 3.10. The summed E-state index contributed by atoms with van der Waals surface area (Å²) >= 11 is 0. The highest BCUT2D eigenvalue weighted by Gasteiger charge is 2.61. The number of hydrogen-bond donors (Lipinski definition) is 0. The first-order valence-corrected chi connectivity index (χ1v) is 13.9. The molecule has 0 spiro atoms. The molecule has 0 saturated heterocycles. The van der Waals surface area contributed by atoms with Gasteiger partial charge in [-0.3, -0.25) is 4.79 Å². The molecule has 4 aliphatic rings. The first-order valence-electron chi connectivity index (χ1n) is 13.9. The fourth-order valence-corrected chi connectivity index (χ4v) is 9.19. The molecule has 1 unspecified atom stereocenters. The number of rotatable bonds is 7. The van der Waals surface area contributed by atoms with Gasteiger partial charge in [0.25, 0.3) is 0 Å². The van der Waals surface area contributed by atoms with Crippen LogP contribution in [0.1, 0.15) is 106 Å². The Labute approximate surface area is 202 Å². The van der Waals surface area contributed by atoms with Crippen LogP contribution in [-0.4, -0.2) is 18.4 Å². The van der Waals surface area contributed by atoms with Crippen LogP contribution >= 0.6 is 0 Å². The van der Waals surface area contributed by atoms with E-state index in [0.29, 0.717) is 23.2 Å². The summed E-state index contributed by atoms with van der Waals surface area (Å²) in [5, 5.41) is 0. The molecule has 0 aromatic heterocycles. The van der Waals surface area contributed by atoms with E-state index in [4.69, 9.17) is 4.74 Å². The Hall–Kier alpha value is -1.12. The molecule has 3 fully saturated rings. The van der Waals surface area contributed by atoms with Crippen LogP contribution in [0.3, 0.4) is 0 Å². The smallest absolute Gasteiger partial charge is 0.302 e. The highest BCUT2D eigenvalue weighted by atomic mass is 16.5. The molecular weight excluding hydrogens is 408 g/mol. The van der Waals surface area contributed by atoms with E-state index >= 15 is 0 Å². The van der Waals surface area contributed by atoms with Crippen LogP contribution in [0.15, 0.2) is 11.6 Å². The van der Waals surface area contributed by atoms with Gasteiger partial charge in [-0.05, 0) is 84.9 Å². The van der Waals surface area contributed by atoms with Crippen LogP contribution in [0.5, 0.6) is 0 Å². The molecule has 0 N–H and O–H groups in total. The summed E-state index contributed by atoms with van der Waals surface area (Å²) in [7, 11) is 0. The van der Waals surface area contributed by atoms with E-state index in [1.54, 1.807) is 0 Å². The molecule has 0 radical (unpaired) electrons. The molecule has 0 aromatic rings. The van der Waals surface area contributed by atoms with E-state index in [1.165, 1.54) is 63.7 Å². The number of allylic oxidation sites excluding steroid dienone is 1. The van der Waals surface area contributed by atoms with Gasteiger partial charge in [-0.2, -0.15) is 0 Å². The molecule has 9 atom stereocenters. The first kappa shape index (κ1) is 25.0. The molecule has 0 amide bonds. The lowest BCUT2D eigenvalue weighted by Gasteiger charge is -2.59. The van der Waals surface area contributed by atoms with E-state index in [9.17, 15) is 9.59 Å². The molecular formula is C30H48O3. The predicted octanol–water partition coefficient (Wildman–Crippen LogP) is 7.38. The number of carbonyl (C=O) groups is 2. The van der Waals surface area contributed by atoms with Crippen LogP contribution in [-0.2, 0) is 14.3 Å². The first-order chi connectivity index (χ1) is 15.6. The van der Waals surface area contributed by atoms with Crippen LogP contribution in [0.2, 0.25) is 0 Å². The monoisotopic (exact) mass is 456 g/mol. The van der Waals surface area contributed by atoms with Gasteiger partial charge in [0.15, 0.2) is 0 Å². The van der Waals surface area contributed by atoms with Crippen molar-refractivity contribution >= 4 is 12.3 Å². The fraction of sp³-hybridized carbons (Fsp3) is 0.867. The van der Waals surface area contributed by atoms with Gasteiger partial charge in [0, 0.05) is 19.3 Å². The SMILES string of the molecule is CC(=O)O[C@H]1CC[C@@]2(C)C(=CC(C=O)[C@H]3[C@@H]4CC[C@H]([C@H](C)CCCC(C)C)[C@@]4(C)CC[C@@H]32)C1. The second kappa shape index (κ2) is 9.50. The molecule has 3 saturated carbocycles. The minimum Gasteiger partial charge on any atom is -0.462 e. The van der Waals surface area contributed by atoms with Gasteiger partial charge in [-0.15, -0.1) is 0 Å². The lowest BCUT2D eigenvalue weighted by Crippen LogP contribution is -2.53. The van der Waals surface area contributed by atoms with Crippen molar-refractivity contribution in [3.63, 3.8) is 0 Å². The molecule has 3 nitrogen and oxygen atoms in total. The molecule has 0 heterocycles. The van der Waals surface area contributed by atoms with E-state index in [1.807, 2.05) is 0 Å². The molecule has 33 heavy (non-hydrogen) atoms. The van der Waals surface area contributed by atoms with Crippen LogP contribution in [0, 0.1) is 52.3 Å². The number of carbonyl (C=O) groups excluding carboxylic acids is 2. The van der Waals surface area contributed by atoms with Crippen LogP contribution in [0.25, 0.3) is 0 Å². The van der Waals surface area contributed by atoms with E-state index < -0.39 is 0 Å². The van der Waals surface area contributed by atoms with Gasteiger partial charge >= 0.3 is 5.97 Å². The summed E-state index contributed by atoms with van der Waals surface area (Å²) in [5.74, 6) is 4.01. The maximum absolute atomic E-state index is 12.4. The van der Waals surface area contributed by atoms with Crippen molar-refractivity contribution in [1.29, 1.82) is 0 Å². The zero-order chi connectivity index (χ0) is 24.0. The van der Waals surface area contributed by atoms with Gasteiger partial charge < -0.3 is 9.53 Å². The third-order valence-corrected chi connectivity index (χ3v) is 10.8. The minimum atomic E-state index is -0.183. The van der Waals surface area contributed by atoms with Crippen molar-refractivity contribution in [2.45, 2.75) is 112 Å². The van der Waals surface area contributed by atoms with Crippen LogP contribution < -0.4 is 0 Å². The van der Waals surface area contributed by atoms with E-state index in [-0.39, 0.29) is 23.4 Å². The fourth-order valence-electron chi connectivity index (χ4n) is 9.19. The quantitative estimate of drug-likeness (QED) is 0.228. The molecule has 0 bridgehead atoms. The Balaban J connectivity index is 1.55. The molecule has 4 rings (SSSR count). The lowest BCUT2D eigenvalue weighted by molar-refractivity contribution is -0.149. The molecule has 0 aromatic carbocycles. The number of fused-ring (bicyclic) bond motifs is 5. The summed E-state index contributed by atoms with van der Waals surface area (Å²) in [6.07, 6.45) is 15.7. The Morgan fingerprint density at radius 1 is 1.09 bits per heavy atom. The standard InChI is InChI=1S/C30H48O3/c1-19(2)8-7-9-20(3)25-10-11-26-28-22(18-31)16-23-17-24(33-21(4)32)12-14-29(23,5)27(28)13-15-30(25,26)6/h16,18-20,22,24-28H,7-15,17H2,1-6H3/t20-,22?,24+,25-,26+,27+,28+,29+,30-/m1/s1. The zero-order valence-corrected chi connectivity index (χ0v) is 22.1. The summed E-state index contributed by atoms with van der Waals surface area (Å²) in [4.78, 5) is 24.0. The second-order valence-corrected chi connectivity index (χ2v) is 13.1. The number of ether oxygens (including phenoxy) is 1. The number of aldehydes is 1. The van der Waals surface area contributed by atoms with E-state index in [2.05, 4.69) is 40.7 Å². The van der Waals surface area contributed by atoms with Crippen LogP contribution in [0.4, 0.5) is 0 Å². The van der Waals surface area contributed by atoms with E-state index in [0.717, 1.165) is 37.0 Å². The molecule has 4 aliphatic carbocycles. The lowest BCUT2D eigenvalue weighted by atomic mass is 9.45. The topological polar surface area (TPSA) is 43.4 Å². The summed E-state index contributed by atoms with van der Waals surface area (Å²) in [6.45, 7) is 13.7. The van der Waals surface area contributed by atoms with Gasteiger partial charge in [-0.1, -0.05) is 65.5 Å². The van der Waals surface area contributed by atoms with Crippen molar-refractivity contribution in [3.05, 3.63) is 11.6 Å². The zero-order valence-electron chi connectivity index (χ0n) is 22.1. The normalized spacial score (nSPS) is 43.2. The third kappa shape index (κ3) is 4.47. The third-order valence-electron chi connectivity index (χ3n) is 10.8. The molecule has 0 aliphatic heterocycles. The Bertz CT molecular complexity index is 769. The highest BCUT2D eigenvalue weighted by molar-refractivity contribution is 5.66. The Kier molecular flexibility index (Phi) is 7.19. The predicted molar refractivity (Wildman–Crippen MR) is 134 cm³/mol. The Morgan fingerprint density at radius 2 is 1.85 bits per heavy atom. The number of esters is 1. The van der Waals surface area contributed by atoms with Gasteiger partial charge in [-0.25, -0.2) is 0 Å². The second-order valence-electron chi connectivity index (χ2n) is 13.1. The van der Waals surface area contributed by atoms with Gasteiger partial charge in [0.1, 0.15) is 12.4 Å². The summed E-state index contributed by atoms with van der Waals surface area (Å²) < 4.78 is 5.59. The van der Waals surface area contributed by atoms with Gasteiger partial charge in [0.2, 0.25) is 0 Å². The average molecular weight is 457 g/mol. The van der Waals surface area contributed by atoms with Crippen molar-refractivity contribution < 1.29 is 14.3 Å². The highest BCUT2D eigenvalue weighted by Crippen LogP contribution is 2.68. The number of hydrogen-bond acceptors (Lipinski definition) is 3. The van der Waals surface area contributed by atoms with Crippen molar-refractivity contribution in [2.24, 2.45) is 52.3 Å². The maximum Gasteiger partial charge on any atom is 0.302 e. The maximum atomic E-state index is 12.4. The summed E-state index contributed by atoms with van der Waals surface area (Å²) in [6, 6.07) is 0. The van der Waals surface area contributed by atoms with Crippen molar-refractivity contribution in [2.75, 3.05) is 0 Å². The minimum absolute atomic E-state index is 0.0120. The Morgan fingerprint density at radius 3 is 2.52 bits per heavy atom. The summed E-state index contributed by atoms with van der Waals surface area (Å²) in [5.41, 5.74) is 1.96. The van der Waals surface area contributed by atoms with Crippen molar-refractivity contribution in [3.8, 4) is 0 Å². The van der Waals surface area contributed by atoms with Gasteiger partial charge in [0.05, 0.1) is 0 Å². The largest absolute Gasteiger partial charge is 0.462 e.